The molecule has 5 nitrogen and oxygen atoms in total. The molecule has 0 unspecified atom stereocenters. The smallest absolute Gasteiger partial charge is 0.183 e. The molecule has 2 N–H and O–H groups in total. The van der Waals surface area contributed by atoms with Crippen LogP contribution in [0.2, 0.25) is 0 Å². The fraction of sp³-hybridized carbons (Fsp3) is 0.241. The number of hydrogen-bond donors (Lipinski definition) is 2. The summed E-state index contributed by atoms with van der Waals surface area (Å²) in [6, 6.07) is 21.3. The van der Waals surface area contributed by atoms with Crippen molar-refractivity contribution >= 4 is 17.1 Å². The number of carbonyl (C=O) groups is 1. The fourth-order valence-corrected chi connectivity index (χ4v) is 4.19. The van der Waals surface area contributed by atoms with Crippen molar-refractivity contribution < 1.29 is 14.3 Å². The normalized spacial score (nSPS) is 17.6. The van der Waals surface area contributed by atoms with Gasteiger partial charge in [0, 0.05) is 18.7 Å². The van der Waals surface area contributed by atoms with E-state index in [9.17, 15) is 9.90 Å². The van der Waals surface area contributed by atoms with Gasteiger partial charge in [0.25, 0.3) is 0 Å². The number of hydrogen-bond acceptors (Lipinski definition) is 5. The lowest BCUT2D eigenvalue weighted by Gasteiger charge is -2.16. The van der Waals surface area contributed by atoms with Gasteiger partial charge in [-0.15, -0.1) is 0 Å². The number of carbonyl (C=O) groups excluding carboxylic acids is 1. The summed E-state index contributed by atoms with van der Waals surface area (Å²) in [6.45, 7) is 0.600. The van der Waals surface area contributed by atoms with Gasteiger partial charge in [-0.05, 0) is 59.7 Å². The van der Waals surface area contributed by atoms with Crippen molar-refractivity contribution in [1.29, 1.82) is 0 Å². The molecule has 1 aliphatic heterocycles. The number of aromatic hydroxyl groups is 1. The first-order valence-corrected chi connectivity index (χ1v) is 11.8. The maximum absolute atomic E-state index is 12.7. The number of phenolic OH excluding ortho intramolecular Hbond substituents is 1. The SMILES string of the molecule is O=C1C/C(=C(/Cc2ccccc2)NC/C(=C\C2CC2)c2cccc(O)c2)N=C1Cc1ccco1. The molecule has 0 atom stereocenters. The second-order valence-electron chi connectivity index (χ2n) is 8.94. The molecule has 1 aliphatic carbocycles. The zero-order valence-corrected chi connectivity index (χ0v) is 19.0. The van der Waals surface area contributed by atoms with E-state index in [4.69, 9.17) is 9.41 Å². The summed E-state index contributed by atoms with van der Waals surface area (Å²) >= 11 is 0. The standard InChI is InChI=1S/C29H28N2O3/c32-24-9-4-8-22(16-24)23(14-21-11-12-21)19-30-26(15-20-6-2-1-3-7-20)27-18-29(33)28(31-27)17-25-10-5-13-34-25/h1-10,13-14,16,21,30,32H,11-12,15,17-19H2/b23-14+,27-26+. The van der Waals surface area contributed by atoms with Crippen LogP contribution in [0.25, 0.3) is 5.57 Å². The van der Waals surface area contributed by atoms with Gasteiger partial charge in [-0.3, -0.25) is 9.79 Å². The van der Waals surface area contributed by atoms with Crippen molar-refractivity contribution in [2.75, 3.05) is 6.54 Å². The second kappa shape index (κ2) is 9.96. The third-order valence-electron chi connectivity index (χ3n) is 6.18. The van der Waals surface area contributed by atoms with E-state index < -0.39 is 0 Å². The predicted octanol–water partition coefficient (Wildman–Crippen LogP) is 5.48. The van der Waals surface area contributed by atoms with E-state index in [0.717, 1.165) is 33.9 Å². The largest absolute Gasteiger partial charge is 0.508 e. The van der Waals surface area contributed by atoms with Crippen molar-refractivity contribution in [2.24, 2.45) is 10.9 Å². The van der Waals surface area contributed by atoms with Crippen molar-refractivity contribution in [3.63, 3.8) is 0 Å². The van der Waals surface area contributed by atoms with Gasteiger partial charge in [-0.25, -0.2) is 0 Å². The van der Waals surface area contributed by atoms with Crippen molar-refractivity contribution in [1.82, 2.24) is 5.32 Å². The molecule has 1 saturated carbocycles. The molecule has 1 fully saturated rings. The quantitative estimate of drug-likeness (QED) is 0.451. The van der Waals surface area contributed by atoms with Gasteiger partial charge in [0.1, 0.15) is 11.5 Å². The highest BCUT2D eigenvalue weighted by atomic mass is 16.3. The molecule has 2 aliphatic rings. The number of nitrogens with zero attached hydrogens (tertiary/aromatic N) is 1. The van der Waals surface area contributed by atoms with E-state index >= 15 is 0 Å². The Morgan fingerprint density at radius 2 is 1.94 bits per heavy atom. The van der Waals surface area contributed by atoms with Crippen LogP contribution in [0, 0.1) is 5.92 Å². The highest BCUT2D eigenvalue weighted by Crippen LogP contribution is 2.34. The van der Waals surface area contributed by atoms with E-state index in [1.807, 2.05) is 42.5 Å². The number of phenols is 1. The number of aliphatic imine (C=N–C) groups is 1. The molecule has 5 rings (SSSR count). The number of Topliss-reactive ketones (excluding diaryl/α,β-unsaturated/α-hetero) is 1. The van der Waals surface area contributed by atoms with E-state index in [-0.39, 0.29) is 11.5 Å². The fourth-order valence-electron chi connectivity index (χ4n) is 4.19. The van der Waals surface area contributed by atoms with Gasteiger partial charge in [0.2, 0.25) is 0 Å². The van der Waals surface area contributed by atoms with Crippen LogP contribution in [0.15, 0.2) is 99.9 Å². The molecular weight excluding hydrogens is 424 g/mol. The average molecular weight is 453 g/mol. The topological polar surface area (TPSA) is 74.8 Å². The summed E-state index contributed by atoms with van der Waals surface area (Å²) in [5.41, 5.74) is 5.60. The number of benzene rings is 2. The number of allylic oxidation sites excluding steroid dienone is 3. The third-order valence-corrected chi connectivity index (χ3v) is 6.18. The molecule has 0 amide bonds. The van der Waals surface area contributed by atoms with E-state index in [2.05, 4.69) is 23.5 Å². The van der Waals surface area contributed by atoms with Gasteiger partial charge in [-0.1, -0.05) is 48.5 Å². The first-order valence-electron chi connectivity index (χ1n) is 11.8. The molecule has 5 heteroatoms. The number of rotatable bonds is 9. The minimum absolute atomic E-state index is 0.0421. The van der Waals surface area contributed by atoms with Crippen LogP contribution in [0.3, 0.4) is 0 Å². The Balaban J connectivity index is 1.43. The minimum Gasteiger partial charge on any atom is -0.508 e. The summed E-state index contributed by atoms with van der Waals surface area (Å²) < 4.78 is 5.42. The lowest BCUT2D eigenvalue weighted by atomic mass is 10.0. The summed E-state index contributed by atoms with van der Waals surface area (Å²) in [4.78, 5) is 17.5. The first kappa shape index (κ1) is 22.0. The predicted molar refractivity (Wildman–Crippen MR) is 133 cm³/mol. The van der Waals surface area contributed by atoms with E-state index in [0.29, 0.717) is 37.4 Å². The number of nitrogens with one attached hydrogen (secondary N) is 1. The van der Waals surface area contributed by atoms with Crippen molar-refractivity contribution in [3.8, 4) is 5.75 Å². The maximum atomic E-state index is 12.7. The zero-order valence-electron chi connectivity index (χ0n) is 19.0. The summed E-state index contributed by atoms with van der Waals surface area (Å²) in [6.07, 6.45) is 7.69. The first-order chi connectivity index (χ1) is 16.6. The lowest BCUT2D eigenvalue weighted by Crippen LogP contribution is -2.20. The third kappa shape index (κ3) is 5.54. The van der Waals surface area contributed by atoms with E-state index in [1.165, 1.54) is 12.8 Å². The second-order valence-corrected chi connectivity index (χ2v) is 8.94. The lowest BCUT2D eigenvalue weighted by molar-refractivity contribution is -0.112. The van der Waals surface area contributed by atoms with Crippen LogP contribution in [-0.2, 0) is 17.6 Å². The molecule has 2 heterocycles. The Kier molecular flexibility index (Phi) is 6.43. The maximum Gasteiger partial charge on any atom is 0.183 e. The van der Waals surface area contributed by atoms with Crippen molar-refractivity contribution in [3.05, 3.63) is 107 Å². The Morgan fingerprint density at radius 1 is 1.09 bits per heavy atom. The Morgan fingerprint density at radius 3 is 2.68 bits per heavy atom. The number of ketones is 1. The molecule has 0 spiro atoms. The molecule has 3 aromatic rings. The minimum atomic E-state index is 0.0421. The van der Waals surface area contributed by atoms with Crippen LogP contribution in [-0.4, -0.2) is 23.1 Å². The molecule has 1 aromatic heterocycles. The van der Waals surface area contributed by atoms with Gasteiger partial charge in [0.05, 0.1) is 30.5 Å². The summed E-state index contributed by atoms with van der Waals surface area (Å²) in [7, 11) is 0. The molecular formula is C29H28N2O3. The molecule has 2 aromatic carbocycles. The highest BCUT2D eigenvalue weighted by molar-refractivity contribution is 6.42. The summed E-state index contributed by atoms with van der Waals surface area (Å²) in [5, 5.41) is 13.6. The Labute approximate surface area is 199 Å². The number of furan rings is 1. The molecule has 172 valence electrons. The Hall–Kier alpha value is -3.86. The van der Waals surface area contributed by atoms with Gasteiger partial charge >= 0.3 is 0 Å². The van der Waals surface area contributed by atoms with Crippen LogP contribution >= 0.6 is 0 Å². The van der Waals surface area contributed by atoms with Crippen LogP contribution < -0.4 is 5.32 Å². The molecule has 0 saturated heterocycles. The summed E-state index contributed by atoms with van der Waals surface area (Å²) in [5.74, 6) is 1.64. The van der Waals surface area contributed by atoms with E-state index in [1.54, 1.807) is 18.4 Å². The Bertz CT molecular complexity index is 1250. The van der Waals surface area contributed by atoms with Crippen molar-refractivity contribution in [2.45, 2.75) is 32.1 Å². The molecule has 34 heavy (non-hydrogen) atoms. The zero-order chi connectivity index (χ0) is 23.3. The highest BCUT2D eigenvalue weighted by Gasteiger charge is 2.25. The van der Waals surface area contributed by atoms with Gasteiger partial charge in [-0.2, -0.15) is 0 Å². The molecule has 0 bridgehead atoms. The van der Waals surface area contributed by atoms with Crippen LogP contribution in [0.4, 0.5) is 0 Å². The van der Waals surface area contributed by atoms with Crippen LogP contribution in [0.1, 0.15) is 36.1 Å². The molecule has 0 radical (unpaired) electrons. The average Bonchev–Trinajstić information content (AvgIpc) is 3.37. The van der Waals surface area contributed by atoms with Crippen LogP contribution in [0.5, 0.6) is 5.75 Å². The van der Waals surface area contributed by atoms with Gasteiger partial charge in [0.15, 0.2) is 5.78 Å². The van der Waals surface area contributed by atoms with Gasteiger partial charge < -0.3 is 14.8 Å². The monoisotopic (exact) mass is 452 g/mol.